The van der Waals surface area contributed by atoms with Gasteiger partial charge in [-0.2, -0.15) is 0 Å². The number of nitrogens with zero attached hydrogens (tertiary/aromatic N) is 1. The van der Waals surface area contributed by atoms with Gasteiger partial charge in [0.2, 0.25) is 0 Å². The maximum atomic E-state index is 3.45. The second-order valence-corrected chi connectivity index (χ2v) is 4.63. The van der Waals surface area contributed by atoms with Crippen molar-refractivity contribution in [3.05, 3.63) is 0 Å². The summed E-state index contributed by atoms with van der Waals surface area (Å²) in [5.41, 5.74) is 0.408. The second-order valence-electron chi connectivity index (χ2n) is 4.63. The van der Waals surface area contributed by atoms with Crippen LogP contribution in [0.1, 0.15) is 27.7 Å². The summed E-state index contributed by atoms with van der Waals surface area (Å²) in [6.07, 6.45) is 0. The van der Waals surface area contributed by atoms with Gasteiger partial charge in [0.15, 0.2) is 0 Å². The summed E-state index contributed by atoms with van der Waals surface area (Å²) >= 11 is 0. The van der Waals surface area contributed by atoms with Crippen LogP contribution in [0.5, 0.6) is 0 Å². The quantitative estimate of drug-likeness (QED) is 0.633. The lowest BCUT2D eigenvalue weighted by atomic mass is 9.97. The van der Waals surface area contributed by atoms with Crippen LogP contribution in [0, 0.1) is 5.41 Å². The van der Waals surface area contributed by atoms with E-state index in [0.717, 1.165) is 26.2 Å². The molecule has 0 unspecified atom stereocenters. The van der Waals surface area contributed by atoms with E-state index in [4.69, 9.17) is 0 Å². The molecule has 74 valence electrons. The Morgan fingerprint density at radius 3 is 2.25 bits per heavy atom. The Labute approximate surface area is 77.3 Å². The molecule has 0 amide bonds. The summed E-state index contributed by atoms with van der Waals surface area (Å²) in [5, 5.41) is 3.45. The van der Waals surface area contributed by atoms with E-state index >= 15 is 0 Å². The Bertz CT molecular complexity index is 105. The van der Waals surface area contributed by atoms with Crippen LogP contribution in [-0.2, 0) is 0 Å². The monoisotopic (exact) mass is 172 g/mol. The average molecular weight is 172 g/mol. The Balaban J connectivity index is 3.22. The number of hydrogen-bond acceptors (Lipinski definition) is 2. The largest absolute Gasteiger partial charge is 0.315 e. The highest BCUT2D eigenvalue weighted by molar-refractivity contribution is 4.65. The minimum Gasteiger partial charge on any atom is -0.315 e. The first-order valence-corrected chi connectivity index (χ1v) is 4.85. The molecule has 0 fully saturated rings. The molecule has 1 N–H and O–H groups in total. The van der Waals surface area contributed by atoms with Crippen molar-refractivity contribution in [1.82, 2.24) is 10.2 Å². The van der Waals surface area contributed by atoms with Crippen LogP contribution in [0.3, 0.4) is 0 Å². The van der Waals surface area contributed by atoms with E-state index in [0.29, 0.717) is 5.41 Å². The van der Waals surface area contributed by atoms with Crippen LogP contribution in [-0.4, -0.2) is 38.1 Å². The van der Waals surface area contributed by atoms with E-state index in [2.05, 4.69) is 45.0 Å². The van der Waals surface area contributed by atoms with Crippen LogP contribution in [0.25, 0.3) is 0 Å². The first-order chi connectivity index (χ1) is 5.45. The zero-order valence-corrected chi connectivity index (χ0v) is 9.28. The molecule has 12 heavy (non-hydrogen) atoms. The van der Waals surface area contributed by atoms with Gasteiger partial charge in [0, 0.05) is 19.6 Å². The van der Waals surface area contributed by atoms with E-state index in [1.165, 1.54) is 0 Å². The smallest absolute Gasteiger partial charge is 0.0104 e. The normalized spacial score (nSPS) is 12.5. The van der Waals surface area contributed by atoms with Crippen molar-refractivity contribution in [2.24, 2.45) is 5.41 Å². The van der Waals surface area contributed by atoms with Crippen molar-refractivity contribution in [1.29, 1.82) is 0 Å². The average Bonchev–Trinajstić information content (AvgIpc) is 1.96. The van der Waals surface area contributed by atoms with Crippen LogP contribution < -0.4 is 5.32 Å². The topological polar surface area (TPSA) is 15.3 Å². The highest BCUT2D eigenvalue weighted by atomic mass is 15.1. The second kappa shape index (κ2) is 5.55. The fourth-order valence-electron chi connectivity index (χ4n) is 0.891. The van der Waals surface area contributed by atoms with Crippen molar-refractivity contribution < 1.29 is 0 Å². The lowest BCUT2D eigenvalue weighted by Crippen LogP contribution is -2.33. The molecule has 0 rings (SSSR count). The minimum absolute atomic E-state index is 0.408. The zero-order chi connectivity index (χ0) is 9.61. The summed E-state index contributed by atoms with van der Waals surface area (Å²) in [5.74, 6) is 0. The predicted molar refractivity (Wildman–Crippen MR) is 55.5 cm³/mol. The van der Waals surface area contributed by atoms with Crippen LogP contribution >= 0.6 is 0 Å². The molecule has 0 aliphatic carbocycles. The molecule has 2 heteroatoms. The molecule has 0 aromatic heterocycles. The van der Waals surface area contributed by atoms with E-state index in [1.807, 2.05) is 0 Å². The highest BCUT2D eigenvalue weighted by Gasteiger charge is 2.08. The van der Waals surface area contributed by atoms with Crippen molar-refractivity contribution >= 4 is 0 Å². The predicted octanol–water partition coefficient (Wildman–Crippen LogP) is 1.57. The van der Waals surface area contributed by atoms with Crippen LogP contribution in [0.4, 0.5) is 0 Å². The molecular formula is C10H24N2. The number of rotatable bonds is 5. The molecule has 0 aromatic rings. The molecule has 0 saturated carbocycles. The summed E-state index contributed by atoms with van der Waals surface area (Å²) in [7, 11) is 2.15. The number of likely N-dealkylation sites (N-methyl/N-ethyl adjacent to an activating group) is 1. The van der Waals surface area contributed by atoms with Gasteiger partial charge in [0.25, 0.3) is 0 Å². The highest BCUT2D eigenvalue weighted by Crippen LogP contribution is 2.09. The summed E-state index contributed by atoms with van der Waals surface area (Å²) in [4.78, 5) is 2.32. The van der Waals surface area contributed by atoms with Crippen molar-refractivity contribution in [2.45, 2.75) is 27.7 Å². The lowest BCUT2D eigenvalue weighted by molar-refractivity contribution is 0.325. The molecule has 2 nitrogen and oxygen atoms in total. The molecule has 0 radical (unpaired) electrons. The van der Waals surface area contributed by atoms with Gasteiger partial charge in [-0.15, -0.1) is 0 Å². The van der Waals surface area contributed by atoms with Crippen molar-refractivity contribution in [2.75, 3.05) is 33.2 Å². The number of hydrogen-bond donors (Lipinski definition) is 1. The van der Waals surface area contributed by atoms with Gasteiger partial charge in [-0.3, -0.25) is 0 Å². The van der Waals surface area contributed by atoms with Gasteiger partial charge in [0.1, 0.15) is 0 Å². The Morgan fingerprint density at radius 1 is 1.25 bits per heavy atom. The van der Waals surface area contributed by atoms with Crippen molar-refractivity contribution in [3.63, 3.8) is 0 Å². The SMILES string of the molecule is CCN(C)CCNCC(C)(C)C. The lowest BCUT2D eigenvalue weighted by Gasteiger charge is -2.20. The maximum Gasteiger partial charge on any atom is 0.0104 e. The summed E-state index contributed by atoms with van der Waals surface area (Å²) < 4.78 is 0. The van der Waals surface area contributed by atoms with Gasteiger partial charge in [-0.25, -0.2) is 0 Å². The Kier molecular flexibility index (Phi) is 5.51. The third-order valence-electron chi connectivity index (χ3n) is 1.87. The molecule has 0 spiro atoms. The van der Waals surface area contributed by atoms with Crippen LogP contribution in [0.2, 0.25) is 0 Å². The molecule has 0 saturated heterocycles. The zero-order valence-electron chi connectivity index (χ0n) is 9.28. The Morgan fingerprint density at radius 2 is 1.83 bits per heavy atom. The van der Waals surface area contributed by atoms with E-state index in [9.17, 15) is 0 Å². The first kappa shape index (κ1) is 11.9. The summed E-state index contributed by atoms with van der Waals surface area (Å²) in [6.45, 7) is 13.4. The van der Waals surface area contributed by atoms with Crippen molar-refractivity contribution in [3.8, 4) is 0 Å². The van der Waals surface area contributed by atoms with Crippen LogP contribution in [0.15, 0.2) is 0 Å². The molecule has 0 aliphatic rings. The molecule has 0 bridgehead atoms. The Hall–Kier alpha value is -0.0800. The minimum atomic E-state index is 0.408. The van der Waals surface area contributed by atoms with Gasteiger partial charge in [-0.1, -0.05) is 27.7 Å². The molecular weight excluding hydrogens is 148 g/mol. The third-order valence-corrected chi connectivity index (χ3v) is 1.87. The fraction of sp³-hybridized carbons (Fsp3) is 1.00. The van der Waals surface area contributed by atoms with Gasteiger partial charge >= 0.3 is 0 Å². The fourth-order valence-corrected chi connectivity index (χ4v) is 0.891. The van der Waals surface area contributed by atoms with Gasteiger partial charge in [-0.05, 0) is 19.0 Å². The van der Waals surface area contributed by atoms with Gasteiger partial charge < -0.3 is 10.2 Å². The number of nitrogens with one attached hydrogen (secondary N) is 1. The van der Waals surface area contributed by atoms with E-state index < -0.39 is 0 Å². The summed E-state index contributed by atoms with van der Waals surface area (Å²) in [6, 6.07) is 0. The van der Waals surface area contributed by atoms with E-state index in [-0.39, 0.29) is 0 Å². The maximum absolute atomic E-state index is 3.45. The molecule has 0 heterocycles. The standard InChI is InChI=1S/C10H24N2/c1-6-12(5)8-7-11-9-10(2,3)4/h11H,6-9H2,1-5H3. The molecule has 0 aromatic carbocycles. The third kappa shape index (κ3) is 8.02. The molecule has 0 atom stereocenters. The first-order valence-electron chi connectivity index (χ1n) is 4.85. The van der Waals surface area contributed by atoms with Gasteiger partial charge in [0.05, 0.1) is 0 Å². The molecule has 0 aliphatic heterocycles. The van der Waals surface area contributed by atoms with E-state index in [1.54, 1.807) is 0 Å².